The van der Waals surface area contributed by atoms with E-state index in [0.717, 1.165) is 10.7 Å². The first-order valence-corrected chi connectivity index (χ1v) is 9.00. The molecule has 0 unspecified atom stereocenters. The van der Waals surface area contributed by atoms with Crippen molar-refractivity contribution in [2.75, 3.05) is 6.54 Å². The second-order valence-corrected chi connectivity index (χ2v) is 6.92. The van der Waals surface area contributed by atoms with Crippen molar-refractivity contribution in [3.63, 3.8) is 0 Å². The van der Waals surface area contributed by atoms with Crippen LogP contribution in [0.25, 0.3) is 11.5 Å². The van der Waals surface area contributed by atoms with E-state index in [-0.39, 0.29) is 24.8 Å². The maximum Gasteiger partial charge on any atom is 0.287 e. The smallest absolute Gasteiger partial charge is 0.287 e. The van der Waals surface area contributed by atoms with E-state index in [4.69, 9.17) is 8.83 Å². The second kappa shape index (κ2) is 7.66. The molecule has 2 N–H and O–H groups in total. The second-order valence-electron chi connectivity index (χ2n) is 5.08. The summed E-state index contributed by atoms with van der Waals surface area (Å²) in [7, 11) is 0. The monoisotopic (exact) mass is 423 g/mol. The quantitative estimate of drug-likeness (QED) is 0.634. The summed E-state index contributed by atoms with van der Waals surface area (Å²) in [6.07, 6.45) is 0. The average Bonchev–Trinajstić information content (AvgIpc) is 3.31. The number of nitrogens with zero attached hydrogens (tertiary/aromatic N) is 1. The Bertz CT molecular complexity index is 899. The van der Waals surface area contributed by atoms with E-state index >= 15 is 0 Å². The van der Waals surface area contributed by atoms with Gasteiger partial charge < -0.3 is 19.5 Å². The van der Waals surface area contributed by atoms with Crippen molar-refractivity contribution in [1.29, 1.82) is 0 Å². The minimum atomic E-state index is -0.458. The Morgan fingerprint density at radius 1 is 1.20 bits per heavy atom. The Labute approximate surface area is 155 Å². The zero-order chi connectivity index (χ0) is 17.8. The van der Waals surface area contributed by atoms with E-state index in [2.05, 4.69) is 31.5 Å². The number of furan rings is 2. The number of hydrogen-bond donors (Lipinski definition) is 2. The minimum absolute atomic E-state index is 0.133. The number of thiazole rings is 1. The molecule has 25 heavy (non-hydrogen) atoms. The van der Waals surface area contributed by atoms with Gasteiger partial charge in [-0.15, -0.1) is 11.3 Å². The highest BCUT2D eigenvalue weighted by molar-refractivity contribution is 9.10. The number of halogens is 1. The van der Waals surface area contributed by atoms with Gasteiger partial charge in [0.15, 0.2) is 16.2 Å². The van der Waals surface area contributed by atoms with Gasteiger partial charge in [0.1, 0.15) is 11.5 Å². The fourth-order valence-electron chi connectivity index (χ4n) is 2.02. The third-order valence-electron chi connectivity index (χ3n) is 3.20. The number of rotatable bonds is 6. The lowest BCUT2D eigenvalue weighted by molar-refractivity contribution is -0.120. The fraction of sp³-hybridized carbons (Fsp3) is 0.188. The molecule has 0 radical (unpaired) electrons. The Kier molecular flexibility index (Phi) is 5.34. The van der Waals surface area contributed by atoms with Gasteiger partial charge in [0.2, 0.25) is 5.91 Å². The van der Waals surface area contributed by atoms with Crippen LogP contribution in [-0.2, 0) is 11.3 Å². The molecule has 0 aromatic carbocycles. The maximum absolute atomic E-state index is 11.8. The molecule has 2 amide bonds. The SMILES string of the molecule is Cc1nc(-c2ccc(CNC(=O)CNC(=O)c3ccc(Br)o3)o2)cs1. The van der Waals surface area contributed by atoms with Crippen molar-refractivity contribution in [3.8, 4) is 11.5 Å². The predicted molar refractivity (Wildman–Crippen MR) is 95.1 cm³/mol. The van der Waals surface area contributed by atoms with Crippen LogP contribution in [-0.4, -0.2) is 23.3 Å². The lowest BCUT2D eigenvalue weighted by Gasteiger charge is -2.04. The lowest BCUT2D eigenvalue weighted by Crippen LogP contribution is -2.36. The number of carbonyl (C=O) groups excluding carboxylic acids is 2. The molecule has 0 bridgehead atoms. The molecule has 3 aromatic heterocycles. The molecule has 0 atom stereocenters. The zero-order valence-electron chi connectivity index (χ0n) is 13.2. The Hall–Kier alpha value is -2.39. The molecule has 0 saturated carbocycles. The summed E-state index contributed by atoms with van der Waals surface area (Å²) in [6, 6.07) is 6.71. The molecule has 3 rings (SSSR count). The van der Waals surface area contributed by atoms with Gasteiger partial charge in [0.25, 0.3) is 5.91 Å². The van der Waals surface area contributed by atoms with Crippen LogP contribution in [0.1, 0.15) is 21.3 Å². The van der Waals surface area contributed by atoms with Gasteiger partial charge >= 0.3 is 0 Å². The summed E-state index contributed by atoms with van der Waals surface area (Å²) in [5.41, 5.74) is 0.775. The van der Waals surface area contributed by atoms with Crippen molar-refractivity contribution in [1.82, 2.24) is 15.6 Å². The third-order valence-corrected chi connectivity index (χ3v) is 4.40. The van der Waals surface area contributed by atoms with Gasteiger partial charge in [-0.3, -0.25) is 9.59 Å². The molecule has 3 heterocycles. The van der Waals surface area contributed by atoms with Crippen molar-refractivity contribution in [2.24, 2.45) is 0 Å². The summed E-state index contributed by atoms with van der Waals surface area (Å²) in [5, 5.41) is 8.03. The van der Waals surface area contributed by atoms with E-state index in [1.54, 1.807) is 23.5 Å². The highest BCUT2D eigenvalue weighted by Gasteiger charge is 2.12. The molecule has 130 valence electrons. The molecule has 0 saturated heterocycles. The van der Waals surface area contributed by atoms with Gasteiger partial charge in [0.05, 0.1) is 18.1 Å². The average molecular weight is 424 g/mol. The van der Waals surface area contributed by atoms with Crippen LogP contribution in [0.3, 0.4) is 0 Å². The molecule has 9 heteroatoms. The molecule has 0 spiro atoms. The van der Waals surface area contributed by atoms with Crippen molar-refractivity contribution in [2.45, 2.75) is 13.5 Å². The van der Waals surface area contributed by atoms with E-state index in [1.165, 1.54) is 6.07 Å². The lowest BCUT2D eigenvalue weighted by atomic mass is 10.3. The van der Waals surface area contributed by atoms with Crippen molar-refractivity contribution >= 4 is 39.1 Å². The van der Waals surface area contributed by atoms with Crippen LogP contribution in [0.5, 0.6) is 0 Å². The molecule has 0 aliphatic heterocycles. The Balaban J connectivity index is 1.46. The van der Waals surface area contributed by atoms with Crippen LogP contribution in [0.15, 0.2) is 43.1 Å². The Morgan fingerprint density at radius 3 is 2.72 bits per heavy atom. The van der Waals surface area contributed by atoms with Crippen LogP contribution in [0.2, 0.25) is 0 Å². The normalized spacial score (nSPS) is 10.6. The number of nitrogens with one attached hydrogen (secondary N) is 2. The number of aromatic nitrogens is 1. The predicted octanol–water partition coefficient (Wildman–Crippen LogP) is 3.11. The summed E-state index contributed by atoms with van der Waals surface area (Å²) in [5.74, 6) is 0.607. The number of amides is 2. The van der Waals surface area contributed by atoms with Crippen LogP contribution >= 0.6 is 27.3 Å². The first-order valence-electron chi connectivity index (χ1n) is 7.33. The van der Waals surface area contributed by atoms with Crippen molar-refractivity contribution < 1.29 is 18.4 Å². The van der Waals surface area contributed by atoms with Gasteiger partial charge in [-0.1, -0.05) is 0 Å². The molecule has 7 nitrogen and oxygen atoms in total. The van der Waals surface area contributed by atoms with Crippen LogP contribution in [0, 0.1) is 6.92 Å². The summed E-state index contributed by atoms with van der Waals surface area (Å²) >= 11 is 4.66. The standard InChI is InChI=1S/C16H14BrN3O4S/c1-9-20-11(8-25-9)12-3-2-10(23-12)6-18-15(21)7-19-16(22)13-4-5-14(17)24-13/h2-5,8H,6-7H2,1H3,(H,18,21)(H,19,22). The topological polar surface area (TPSA) is 97.4 Å². The maximum atomic E-state index is 11.8. The summed E-state index contributed by atoms with van der Waals surface area (Å²) < 4.78 is 11.2. The number of aryl methyl sites for hydroxylation is 1. The van der Waals surface area contributed by atoms with E-state index in [1.807, 2.05) is 18.4 Å². The first kappa shape index (κ1) is 17.4. The number of carbonyl (C=O) groups is 2. The third kappa shape index (κ3) is 4.58. The molecule has 0 aliphatic carbocycles. The van der Waals surface area contributed by atoms with Gasteiger partial charge in [-0.2, -0.15) is 0 Å². The minimum Gasteiger partial charge on any atom is -0.458 e. The summed E-state index contributed by atoms with van der Waals surface area (Å²) in [6.45, 7) is 1.99. The molecule has 0 fully saturated rings. The van der Waals surface area contributed by atoms with Crippen molar-refractivity contribution in [3.05, 3.63) is 50.8 Å². The largest absolute Gasteiger partial charge is 0.458 e. The zero-order valence-corrected chi connectivity index (χ0v) is 15.6. The van der Waals surface area contributed by atoms with Gasteiger partial charge in [-0.25, -0.2) is 4.98 Å². The number of hydrogen-bond acceptors (Lipinski definition) is 6. The summed E-state index contributed by atoms with van der Waals surface area (Å²) in [4.78, 5) is 27.9. The molecule has 3 aromatic rings. The van der Waals surface area contributed by atoms with E-state index in [9.17, 15) is 9.59 Å². The van der Waals surface area contributed by atoms with Gasteiger partial charge in [0, 0.05) is 5.38 Å². The van der Waals surface area contributed by atoms with Crippen LogP contribution < -0.4 is 10.6 Å². The van der Waals surface area contributed by atoms with Crippen LogP contribution in [0.4, 0.5) is 0 Å². The Morgan fingerprint density at radius 2 is 2.04 bits per heavy atom. The molecular formula is C16H14BrN3O4S. The molecule has 0 aliphatic rings. The fourth-order valence-corrected chi connectivity index (χ4v) is 2.93. The highest BCUT2D eigenvalue weighted by Crippen LogP contribution is 2.23. The molecular weight excluding hydrogens is 410 g/mol. The first-order chi connectivity index (χ1) is 12.0. The van der Waals surface area contributed by atoms with E-state index < -0.39 is 5.91 Å². The van der Waals surface area contributed by atoms with E-state index in [0.29, 0.717) is 16.2 Å². The highest BCUT2D eigenvalue weighted by atomic mass is 79.9. The van der Waals surface area contributed by atoms with Gasteiger partial charge in [-0.05, 0) is 47.1 Å².